The molecule has 0 fully saturated rings. The Bertz CT molecular complexity index is 631. The van der Waals surface area contributed by atoms with Crippen LogP contribution in [-0.4, -0.2) is 26.2 Å². The Morgan fingerprint density at radius 2 is 2.00 bits per heavy atom. The van der Waals surface area contributed by atoms with E-state index in [0.717, 1.165) is 21.3 Å². The first-order valence-corrected chi connectivity index (χ1v) is 8.04. The first-order valence-electron chi connectivity index (χ1n) is 6.96. The molecule has 2 aromatic carbocycles. The van der Waals surface area contributed by atoms with E-state index >= 15 is 0 Å². The maximum atomic E-state index is 11.8. The lowest BCUT2D eigenvalue weighted by Crippen LogP contribution is -2.30. The molecule has 2 rings (SSSR count). The van der Waals surface area contributed by atoms with Crippen LogP contribution in [0, 0.1) is 3.57 Å². The summed E-state index contributed by atoms with van der Waals surface area (Å²) in [5.41, 5.74) is 1.07. The van der Waals surface area contributed by atoms with Gasteiger partial charge in [-0.1, -0.05) is 24.3 Å². The van der Waals surface area contributed by atoms with Crippen molar-refractivity contribution in [3.8, 4) is 11.5 Å². The second kappa shape index (κ2) is 8.63. The topological polar surface area (TPSA) is 47.6 Å². The van der Waals surface area contributed by atoms with Gasteiger partial charge in [-0.05, 0) is 58.8 Å². The van der Waals surface area contributed by atoms with Gasteiger partial charge in [-0.25, -0.2) is 0 Å². The molecule has 1 N–H and O–H groups in total. The van der Waals surface area contributed by atoms with E-state index in [1.165, 1.54) is 0 Å². The Morgan fingerprint density at radius 3 is 2.77 bits per heavy atom. The highest BCUT2D eigenvalue weighted by atomic mass is 127. The summed E-state index contributed by atoms with van der Waals surface area (Å²) in [5.74, 6) is 1.41. The van der Waals surface area contributed by atoms with Crippen molar-refractivity contribution in [1.29, 1.82) is 0 Å². The highest BCUT2D eigenvalue weighted by molar-refractivity contribution is 14.1. The predicted molar refractivity (Wildman–Crippen MR) is 94.4 cm³/mol. The Morgan fingerprint density at radius 1 is 1.18 bits per heavy atom. The molecule has 0 aliphatic rings. The number of carbonyl (C=O) groups excluding carboxylic acids is 1. The van der Waals surface area contributed by atoms with Gasteiger partial charge < -0.3 is 14.8 Å². The summed E-state index contributed by atoms with van der Waals surface area (Å²) in [5, 5.41) is 2.85. The average molecular weight is 411 g/mol. The number of amides is 1. The largest absolute Gasteiger partial charge is 0.496 e. The van der Waals surface area contributed by atoms with Crippen LogP contribution >= 0.6 is 22.6 Å². The van der Waals surface area contributed by atoms with Crippen LogP contribution in [-0.2, 0) is 11.2 Å². The maximum absolute atomic E-state index is 11.8. The molecule has 4 nitrogen and oxygen atoms in total. The van der Waals surface area contributed by atoms with Crippen LogP contribution in [0.15, 0.2) is 48.5 Å². The van der Waals surface area contributed by atoms with Gasteiger partial charge in [0, 0.05) is 10.1 Å². The van der Waals surface area contributed by atoms with E-state index in [1.54, 1.807) is 7.11 Å². The van der Waals surface area contributed by atoms with Gasteiger partial charge in [0.15, 0.2) is 6.61 Å². The zero-order chi connectivity index (χ0) is 15.8. The number of rotatable bonds is 7. The zero-order valence-corrected chi connectivity index (χ0v) is 14.5. The first kappa shape index (κ1) is 16.6. The Balaban J connectivity index is 1.74. The van der Waals surface area contributed by atoms with Crippen molar-refractivity contribution in [2.75, 3.05) is 20.3 Å². The van der Waals surface area contributed by atoms with Crippen LogP contribution in [0.5, 0.6) is 11.5 Å². The molecule has 0 atom stereocenters. The van der Waals surface area contributed by atoms with Crippen molar-refractivity contribution in [3.63, 3.8) is 0 Å². The lowest BCUT2D eigenvalue weighted by molar-refractivity contribution is -0.123. The summed E-state index contributed by atoms with van der Waals surface area (Å²) >= 11 is 2.21. The highest BCUT2D eigenvalue weighted by Gasteiger charge is 2.05. The third-order valence-electron chi connectivity index (χ3n) is 3.08. The van der Waals surface area contributed by atoms with Crippen LogP contribution in [0.3, 0.4) is 0 Å². The molecule has 0 radical (unpaired) electrons. The minimum absolute atomic E-state index is 0.0199. The number of carbonyl (C=O) groups is 1. The van der Waals surface area contributed by atoms with Gasteiger partial charge in [0.25, 0.3) is 5.91 Å². The molecule has 0 saturated heterocycles. The van der Waals surface area contributed by atoms with Crippen LogP contribution in [0.2, 0.25) is 0 Å². The normalized spacial score (nSPS) is 10.1. The molecule has 0 aliphatic carbocycles. The van der Waals surface area contributed by atoms with Gasteiger partial charge in [-0.2, -0.15) is 0 Å². The Hall–Kier alpha value is -1.76. The molecular formula is C17H18INO3. The second-order valence-electron chi connectivity index (χ2n) is 4.66. The van der Waals surface area contributed by atoms with Crippen molar-refractivity contribution in [1.82, 2.24) is 5.32 Å². The van der Waals surface area contributed by atoms with E-state index in [4.69, 9.17) is 9.47 Å². The molecule has 22 heavy (non-hydrogen) atoms. The van der Waals surface area contributed by atoms with Gasteiger partial charge in [-0.3, -0.25) is 4.79 Å². The van der Waals surface area contributed by atoms with Gasteiger partial charge in [0.05, 0.1) is 7.11 Å². The maximum Gasteiger partial charge on any atom is 0.257 e. The summed E-state index contributed by atoms with van der Waals surface area (Å²) in [4.78, 5) is 11.8. The van der Waals surface area contributed by atoms with Crippen LogP contribution in [0.25, 0.3) is 0 Å². The summed E-state index contributed by atoms with van der Waals surface area (Å²) in [6, 6.07) is 15.4. The predicted octanol–water partition coefficient (Wildman–Crippen LogP) is 3.04. The molecule has 0 heterocycles. The van der Waals surface area contributed by atoms with E-state index in [2.05, 4.69) is 27.9 Å². The Kier molecular flexibility index (Phi) is 6.51. The zero-order valence-electron chi connectivity index (χ0n) is 12.3. The number of halogens is 1. The van der Waals surface area contributed by atoms with E-state index < -0.39 is 0 Å². The summed E-state index contributed by atoms with van der Waals surface area (Å²) in [6.45, 7) is 0.570. The number of nitrogens with one attached hydrogen (secondary N) is 1. The average Bonchev–Trinajstić information content (AvgIpc) is 2.53. The SMILES string of the molecule is COc1ccccc1CCNC(=O)COc1cccc(I)c1. The molecule has 116 valence electrons. The van der Waals surface area contributed by atoms with Gasteiger partial charge in [-0.15, -0.1) is 0 Å². The number of ether oxygens (including phenoxy) is 2. The van der Waals surface area contributed by atoms with Gasteiger partial charge in [0.2, 0.25) is 0 Å². The number of hydrogen-bond donors (Lipinski definition) is 1. The van der Waals surface area contributed by atoms with Gasteiger partial charge >= 0.3 is 0 Å². The standard InChI is InChI=1S/C17H18INO3/c1-21-16-8-3-2-5-13(16)9-10-19-17(20)12-22-15-7-4-6-14(18)11-15/h2-8,11H,9-10,12H2,1H3,(H,19,20). The fourth-order valence-electron chi connectivity index (χ4n) is 2.00. The number of benzene rings is 2. The smallest absolute Gasteiger partial charge is 0.257 e. The number of para-hydroxylation sites is 1. The highest BCUT2D eigenvalue weighted by Crippen LogP contribution is 2.17. The van der Waals surface area contributed by atoms with E-state index in [1.807, 2.05) is 48.5 Å². The van der Waals surface area contributed by atoms with Crippen molar-refractivity contribution >= 4 is 28.5 Å². The molecule has 0 bridgehead atoms. The monoisotopic (exact) mass is 411 g/mol. The number of methoxy groups -OCH3 is 1. The molecule has 0 saturated carbocycles. The van der Waals surface area contributed by atoms with Crippen LogP contribution < -0.4 is 14.8 Å². The molecule has 1 amide bonds. The van der Waals surface area contributed by atoms with E-state index in [9.17, 15) is 4.79 Å². The quantitative estimate of drug-likeness (QED) is 0.713. The third-order valence-corrected chi connectivity index (χ3v) is 3.75. The molecule has 0 unspecified atom stereocenters. The van der Waals surface area contributed by atoms with Crippen molar-refractivity contribution in [2.24, 2.45) is 0 Å². The lowest BCUT2D eigenvalue weighted by atomic mass is 10.1. The number of hydrogen-bond acceptors (Lipinski definition) is 3. The van der Waals surface area contributed by atoms with Crippen LogP contribution in [0.4, 0.5) is 0 Å². The summed E-state index contributed by atoms with van der Waals surface area (Å²) in [6.07, 6.45) is 0.721. The lowest BCUT2D eigenvalue weighted by Gasteiger charge is -2.10. The summed E-state index contributed by atoms with van der Waals surface area (Å²) in [7, 11) is 1.65. The minimum Gasteiger partial charge on any atom is -0.496 e. The van der Waals surface area contributed by atoms with Gasteiger partial charge in [0.1, 0.15) is 11.5 Å². The first-order chi connectivity index (χ1) is 10.7. The fourth-order valence-corrected chi connectivity index (χ4v) is 2.52. The molecule has 0 aliphatic heterocycles. The molecule has 2 aromatic rings. The minimum atomic E-state index is -0.131. The Labute approximate surface area is 144 Å². The second-order valence-corrected chi connectivity index (χ2v) is 5.90. The van der Waals surface area contributed by atoms with Crippen molar-refractivity contribution < 1.29 is 14.3 Å². The van der Waals surface area contributed by atoms with E-state index in [0.29, 0.717) is 12.3 Å². The third kappa shape index (κ3) is 5.22. The molecule has 0 spiro atoms. The molecule has 0 aromatic heterocycles. The van der Waals surface area contributed by atoms with Crippen molar-refractivity contribution in [2.45, 2.75) is 6.42 Å². The molecule has 5 heteroatoms. The fraction of sp³-hybridized carbons (Fsp3) is 0.235. The van der Waals surface area contributed by atoms with Crippen molar-refractivity contribution in [3.05, 3.63) is 57.7 Å². The van der Waals surface area contributed by atoms with Crippen LogP contribution in [0.1, 0.15) is 5.56 Å². The molecular weight excluding hydrogens is 393 g/mol. The van der Waals surface area contributed by atoms with E-state index in [-0.39, 0.29) is 12.5 Å². The summed E-state index contributed by atoms with van der Waals surface area (Å²) < 4.78 is 11.8.